The van der Waals surface area contributed by atoms with Gasteiger partial charge in [-0.05, 0) is 24.6 Å². The highest BCUT2D eigenvalue weighted by Gasteiger charge is 2.06. The van der Waals surface area contributed by atoms with E-state index in [2.05, 4.69) is 0 Å². The van der Waals surface area contributed by atoms with Gasteiger partial charge in [0, 0.05) is 0 Å². The normalized spacial score (nSPS) is 8.62. The van der Waals surface area contributed by atoms with Crippen LogP contribution >= 0.6 is 0 Å². The van der Waals surface area contributed by atoms with Crippen molar-refractivity contribution in [1.29, 1.82) is 0 Å². The SMILES string of the molecule is CC.COc1c(O)cc(C)cc1O. The molecule has 0 saturated carbocycles. The molecule has 2 N–H and O–H groups in total. The number of phenols is 2. The lowest BCUT2D eigenvalue weighted by Crippen LogP contribution is -1.85. The van der Waals surface area contributed by atoms with Crippen LogP contribution in [-0.4, -0.2) is 17.3 Å². The van der Waals surface area contributed by atoms with Gasteiger partial charge in [0.15, 0.2) is 11.5 Å². The largest absolute Gasteiger partial charge is 0.504 e. The maximum atomic E-state index is 9.19. The minimum absolute atomic E-state index is 0.0370. The molecule has 3 nitrogen and oxygen atoms in total. The Kier molecular flexibility index (Phi) is 4.74. The van der Waals surface area contributed by atoms with E-state index in [-0.39, 0.29) is 17.2 Å². The van der Waals surface area contributed by atoms with Gasteiger partial charge in [-0.1, -0.05) is 13.8 Å². The smallest absolute Gasteiger partial charge is 0.202 e. The van der Waals surface area contributed by atoms with Gasteiger partial charge in [0.2, 0.25) is 5.75 Å². The molecule has 1 rings (SSSR count). The highest BCUT2D eigenvalue weighted by Crippen LogP contribution is 2.35. The van der Waals surface area contributed by atoms with Crippen LogP contribution < -0.4 is 4.74 Å². The summed E-state index contributed by atoms with van der Waals surface area (Å²) in [5, 5.41) is 18.4. The molecule has 1 aromatic carbocycles. The number of hydrogen-bond acceptors (Lipinski definition) is 3. The number of rotatable bonds is 1. The van der Waals surface area contributed by atoms with Crippen LogP contribution in [0.1, 0.15) is 19.4 Å². The van der Waals surface area contributed by atoms with Crippen molar-refractivity contribution in [2.45, 2.75) is 20.8 Å². The third kappa shape index (κ3) is 2.86. The van der Waals surface area contributed by atoms with Gasteiger partial charge in [0.1, 0.15) is 0 Å². The van der Waals surface area contributed by atoms with Gasteiger partial charge in [-0.25, -0.2) is 0 Å². The fourth-order valence-corrected chi connectivity index (χ4v) is 0.944. The molecule has 0 saturated heterocycles. The number of aryl methyl sites for hydroxylation is 1. The number of methoxy groups -OCH3 is 1. The van der Waals surface area contributed by atoms with Crippen LogP contribution in [0.15, 0.2) is 12.1 Å². The standard InChI is InChI=1S/C8H10O3.C2H6/c1-5-3-6(9)8(11-2)7(10)4-5;1-2/h3-4,9-10H,1-2H3;1-2H3. The maximum absolute atomic E-state index is 9.19. The van der Waals surface area contributed by atoms with Crippen LogP contribution in [0.4, 0.5) is 0 Å². The molecule has 1 aromatic rings. The van der Waals surface area contributed by atoms with E-state index in [1.807, 2.05) is 13.8 Å². The van der Waals surface area contributed by atoms with E-state index in [1.165, 1.54) is 19.2 Å². The summed E-state index contributed by atoms with van der Waals surface area (Å²) < 4.78 is 4.73. The average molecular weight is 184 g/mol. The Hall–Kier alpha value is -1.38. The highest BCUT2D eigenvalue weighted by molar-refractivity contribution is 5.51. The predicted molar refractivity (Wildman–Crippen MR) is 52.4 cm³/mol. The summed E-state index contributed by atoms with van der Waals surface area (Å²) in [6, 6.07) is 3.05. The van der Waals surface area contributed by atoms with Crippen molar-refractivity contribution in [3.8, 4) is 17.2 Å². The number of aromatic hydroxyl groups is 2. The second-order valence-corrected chi connectivity index (χ2v) is 2.34. The number of phenolic OH excluding ortho intramolecular Hbond substituents is 2. The lowest BCUT2D eigenvalue weighted by molar-refractivity contribution is 0.344. The maximum Gasteiger partial charge on any atom is 0.202 e. The summed E-state index contributed by atoms with van der Waals surface area (Å²) in [6.45, 7) is 5.78. The van der Waals surface area contributed by atoms with Gasteiger partial charge in [-0.3, -0.25) is 0 Å². The lowest BCUT2D eigenvalue weighted by Gasteiger charge is -2.05. The van der Waals surface area contributed by atoms with Crippen molar-refractivity contribution < 1.29 is 14.9 Å². The molecule has 0 aromatic heterocycles. The molecule has 0 bridgehead atoms. The van der Waals surface area contributed by atoms with Gasteiger partial charge < -0.3 is 14.9 Å². The zero-order valence-corrected chi connectivity index (χ0v) is 8.46. The van der Waals surface area contributed by atoms with Gasteiger partial charge in [-0.2, -0.15) is 0 Å². The molecule has 0 unspecified atom stereocenters. The Balaban J connectivity index is 0.000000671. The van der Waals surface area contributed by atoms with E-state index in [9.17, 15) is 10.2 Å². The van der Waals surface area contributed by atoms with Gasteiger partial charge in [-0.15, -0.1) is 0 Å². The molecule has 0 heterocycles. The molecule has 13 heavy (non-hydrogen) atoms. The Morgan fingerprint density at radius 1 is 1.08 bits per heavy atom. The zero-order chi connectivity index (χ0) is 10.4. The second-order valence-electron chi connectivity index (χ2n) is 2.34. The predicted octanol–water partition coefficient (Wildman–Crippen LogP) is 2.44. The highest BCUT2D eigenvalue weighted by atomic mass is 16.5. The molecular weight excluding hydrogens is 168 g/mol. The van der Waals surface area contributed by atoms with Crippen LogP contribution in [0.3, 0.4) is 0 Å². The summed E-state index contributed by atoms with van der Waals surface area (Å²) in [5.74, 6) is 0.0469. The summed E-state index contributed by atoms with van der Waals surface area (Å²) in [5.41, 5.74) is 0.792. The summed E-state index contributed by atoms with van der Waals surface area (Å²) in [7, 11) is 1.39. The molecule has 0 aliphatic carbocycles. The van der Waals surface area contributed by atoms with Crippen LogP contribution in [0.5, 0.6) is 17.2 Å². The van der Waals surface area contributed by atoms with Crippen LogP contribution in [0.2, 0.25) is 0 Å². The first kappa shape index (κ1) is 11.6. The van der Waals surface area contributed by atoms with Crippen molar-refractivity contribution >= 4 is 0 Å². The van der Waals surface area contributed by atoms with Crippen molar-refractivity contribution in [1.82, 2.24) is 0 Å². The van der Waals surface area contributed by atoms with E-state index in [0.717, 1.165) is 5.56 Å². The van der Waals surface area contributed by atoms with E-state index < -0.39 is 0 Å². The van der Waals surface area contributed by atoms with E-state index >= 15 is 0 Å². The third-order valence-corrected chi connectivity index (χ3v) is 1.40. The van der Waals surface area contributed by atoms with Crippen molar-refractivity contribution in [3.63, 3.8) is 0 Å². The topological polar surface area (TPSA) is 49.7 Å². The Bertz CT molecular complexity index is 246. The Morgan fingerprint density at radius 3 is 1.77 bits per heavy atom. The minimum atomic E-state index is -0.0370. The fraction of sp³-hybridized carbons (Fsp3) is 0.400. The Morgan fingerprint density at radius 2 is 1.46 bits per heavy atom. The first-order valence-electron chi connectivity index (χ1n) is 4.21. The van der Waals surface area contributed by atoms with Gasteiger partial charge in [0.25, 0.3) is 0 Å². The van der Waals surface area contributed by atoms with Crippen molar-refractivity contribution in [2.24, 2.45) is 0 Å². The molecule has 0 amide bonds. The first-order valence-corrected chi connectivity index (χ1v) is 4.21. The molecule has 0 aliphatic heterocycles. The first-order chi connectivity index (χ1) is 6.15. The summed E-state index contributed by atoms with van der Waals surface area (Å²) in [6.07, 6.45) is 0. The molecule has 0 fully saturated rings. The van der Waals surface area contributed by atoms with E-state index in [0.29, 0.717) is 0 Å². The zero-order valence-electron chi connectivity index (χ0n) is 8.46. The van der Waals surface area contributed by atoms with E-state index in [4.69, 9.17) is 4.74 Å². The molecule has 0 atom stereocenters. The minimum Gasteiger partial charge on any atom is -0.504 e. The molecule has 0 spiro atoms. The monoisotopic (exact) mass is 184 g/mol. The van der Waals surface area contributed by atoms with Crippen LogP contribution in [0, 0.1) is 6.92 Å². The number of hydrogen-bond donors (Lipinski definition) is 2. The van der Waals surface area contributed by atoms with Crippen LogP contribution in [-0.2, 0) is 0 Å². The van der Waals surface area contributed by atoms with Gasteiger partial charge in [0.05, 0.1) is 7.11 Å². The van der Waals surface area contributed by atoms with Crippen molar-refractivity contribution in [2.75, 3.05) is 7.11 Å². The lowest BCUT2D eigenvalue weighted by atomic mass is 10.2. The summed E-state index contributed by atoms with van der Waals surface area (Å²) in [4.78, 5) is 0. The Labute approximate surface area is 78.6 Å². The molecular formula is C10H16O3. The number of ether oxygens (including phenoxy) is 1. The quantitative estimate of drug-likeness (QED) is 0.704. The average Bonchev–Trinajstić information content (AvgIpc) is 2.07. The molecule has 3 heteroatoms. The molecule has 0 radical (unpaired) electrons. The molecule has 0 aliphatic rings. The van der Waals surface area contributed by atoms with Gasteiger partial charge >= 0.3 is 0 Å². The third-order valence-electron chi connectivity index (χ3n) is 1.40. The second kappa shape index (κ2) is 5.30. The summed E-state index contributed by atoms with van der Waals surface area (Å²) >= 11 is 0. The molecule has 74 valence electrons. The number of benzene rings is 1. The van der Waals surface area contributed by atoms with Crippen molar-refractivity contribution in [3.05, 3.63) is 17.7 Å². The van der Waals surface area contributed by atoms with E-state index in [1.54, 1.807) is 6.92 Å². The van der Waals surface area contributed by atoms with Crippen LogP contribution in [0.25, 0.3) is 0 Å². The fourth-order valence-electron chi connectivity index (χ4n) is 0.944.